The molecule has 3 aromatic rings. The monoisotopic (exact) mass is 322 g/mol. The van der Waals surface area contributed by atoms with E-state index in [0.29, 0.717) is 5.88 Å². The summed E-state index contributed by atoms with van der Waals surface area (Å²) in [6, 6.07) is 7.83. The van der Waals surface area contributed by atoms with Gasteiger partial charge in [-0.3, -0.25) is 4.68 Å². The van der Waals surface area contributed by atoms with E-state index in [-0.39, 0.29) is 0 Å². The van der Waals surface area contributed by atoms with Gasteiger partial charge in [-0.25, -0.2) is 4.98 Å². The van der Waals surface area contributed by atoms with Crippen LogP contribution >= 0.6 is 23.2 Å². The molecule has 6 heteroatoms. The summed E-state index contributed by atoms with van der Waals surface area (Å²) in [4.78, 5) is 4.65. The number of alkyl halides is 1. The molecule has 0 radical (unpaired) electrons. The largest absolute Gasteiger partial charge is 0.326 e. The van der Waals surface area contributed by atoms with Crippen molar-refractivity contribution in [2.24, 2.45) is 7.05 Å². The molecule has 0 saturated carbocycles. The maximum absolute atomic E-state index is 6.35. The van der Waals surface area contributed by atoms with Crippen LogP contribution < -0.4 is 0 Å². The summed E-state index contributed by atoms with van der Waals surface area (Å²) in [7, 11) is 1.92. The minimum atomic E-state index is 0.546. The van der Waals surface area contributed by atoms with E-state index in [1.807, 2.05) is 42.2 Å². The Bertz CT molecular complexity index is 760. The van der Waals surface area contributed by atoms with Gasteiger partial charge in [0.05, 0.1) is 21.7 Å². The second-order valence-corrected chi connectivity index (χ2v) is 5.74. The highest BCUT2D eigenvalue weighted by Crippen LogP contribution is 2.25. The van der Waals surface area contributed by atoms with Crippen molar-refractivity contribution in [2.45, 2.75) is 19.4 Å². The molecule has 0 amide bonds. The molecule has 0 N–H and O–H groups in total. The first kappa shape index (κ1) is 14.4. The molecular weight excluding hydrogens is 307 g/mol. The van der Waals surface area contributed by atoms with E-state index in [4.69, 9.17) is 23.2 Å². The number of halogens is 2. The summed E-state index contributed by atoms with van der Waals surface area (Å²) in [5.74, 6) is 1.52. The van der Waals surface area contributed by atoms with Gasteiger partial charge in [-0.15, -0.1) is 11.6 Å². The van der Waals surface area contributed by atoms with E-state index in [1.165, 1.54) is 0 Å². The minimum Gasteiger partial charge on any atom is -0.326 e. The molecule has 2 aromatic heterocycles. The summed E-state index contributed by atoms with van der Waals surface area (Å²) in [6.45, 7) is 0.795. The van der Waals surface area contributed by atoms with Crippen LogP contribution in [0.3, 0.4) is 0 Å². The number of rotatable bonds is 5. The van der Waals surface area contributed by atoms with Gasteiger partial charge in [0, 0.05) is 38.5 Å². The fourth-order valence-electron chi connectivity index (χ4n) is 2.53. The standard InChI is InChI=1S/C15H16Cl2N4/c1-20-9-6-11(19-20)7-10-21-14(5-8-16)18-13-4-2-3-12(17)15(13)21/h2-4,6,9H,5,7-8,10H2,1H3. The van der Waals surface area contributed by atoms with Crippen molar-refractivity contribution in [2.75, 3.05) is 5.88 Å². The number of hydrogen-bond acceptors (Lipinski definition) is 2. The summed E-state index contributed by atoms with van der Waals surface area (Å²) in [5, 5.41) is 5.14. The van der Waals surface area contributed by atoms with Crippen molar-refractivity contribution in [3.05, 3.63) is 47.0 Å². The van der Waals surface area contributed by atoms with E-state index < -0.39 is 0 Å². The number of benzene rings is 1. The highest BCUT2D eigenvalue weighted by molar-refractivity contribution is 6.35. The predicted molar refractivity (Wildman–Crippen MR) is 86.1 cm³/mol. The van der Waals surface area contributed by atoms with E-state index in [2.05, 4.69) is 14.6 Å². The Morgan fingerprint density at radius 2 is 2.05 bits per heavy atom. The van der Waals surface area contributed by atoms with Gasteiger partial charge in [-0.1, -0.05) is 17.7 Å². The van der Waals surface area contributed by atoms with Crippen LogP contribution in [0.25, 0.3) is 11.0 Å². The average Bonchev–Trinajstić information content (AvgIpc) is 3.01. The maximum Gasteiger partial charge on any atom is 0.111 e. The normalized spacial score (nSPS) is 11.4. The number of nitrogens with zero attached hydrogens (tertiary/aromatic N) is 4. The number of aryl methyl sites for hydroxylation is 4. The molecule has 0 fully saturated rings. The lowest BCUT2D eigenvalue weighted by atomic mass is 10.3. The molecule has 0 unspecified atom stereocenters. The fraction of sp³-hybridized carbons (Fsp3) is 0.333. The van der Waals surface area contributed by atoms with Crippen LogP contribution in [0.1, 0.15) is 11.5 Å². The van der Waals surface area contributed by atoms with Gasteiger partial charge in [0.25, 0.3) is 0 Å². The first-order valence-electron chi connectivity index (χ1n) is 6.87. The summed E-state index contributed by atoms with van der Waals surface area (Å²) in [5.41, 5.74) is 2.96. The van der Waals surface area contributed by atoms with Crippen molar-refractivity contribution in [1.82, 2.24) is 19.3 Å². The number of aromatic nitrogens is 4. The van der Waals surface area contributed by atoms with Crippen LogP contribution in [0.15, 0.2) is 30.5 Å². The summed E-state index contributed by atoms with van der Waals surface area (Å²) < 4.78 is 3.97. The fourth-order valence-corrected chi connectivity index (χ4v) is 2.97. The zero-order valence-electron chi connectivity index (χ0n) is 11.8. The Kier molecular flexibility index (Phi) is 4.17. The first-order chi connectivity index (χ1) is 10.2. The molecular formula is C15H16Cl2N4. The van der Waals surface area contributed by atoms with E-state index in [1.54, 1.807) is 0 Å². The number of imidazole rings is 1. The lowest BCUT2D eigenvalue weighted by Gasteiger charge is -2.08. The molecule has 0 bridgehead atoms. The Labute approximate surface area is 133 Å². The second-order valence-electron chi connectivity index (χ2n) is 4.96. The van der Waals surface area contributed by atoms with Crippen molar-refractivity contribution < 1.29 is 0 Å². The molecule has 0 atom stereocenters. The Hall–Kier alpha value is -1.52. The molecule has 0 spiro atoms. The van der Waals surface area contributed by atoms with Crippen LogP contribution in [0.4, 0.5) is 0 Å². The van der Waals surface area contributed by atoms with Crippen LogP contribution in [0.2, 0.25) is 5.02 Å². The van der Waals surface area contributed by atoms with Crippen molar-refractivity contribution >= 4 is 34.2 Å². The molecule has 0 aliphatic carbocycles. The van der Waals surface area contributed by atoms with Crippen molar-refractivity contribution in [3.63, 3.8) is 0 Å². The third-order valence-electron chi connectivity index (χ3n) is 3.47. The molecule has 0 aliphatic rings. The van der Waals surface area contributed by atoms with Gasteiger partial charge < -0.3 is 4.57 Å². The summed E-state index contributed by atoms with van der Waals surface area (Å²) >= 11 is 12.2. The maximum atomic E-state index is 6.35. The van der Waals surface area contributed by atoms with Crippen LogP contribution in [-0.2, 0) is 26.4 Å². The third kappa shape index (κ3) is 2.92. The van der Waals surface area contributed by atoms with Crippen LogP contribution in [0.5, 0.6) is 0 Å². The Balaban J connectivity index is 1.96. The highest BCUT2D eigenvalue weighted by atomic mass is 35.5. The third-order valence-corrected chi connectivity index (χ3v) is 3.97. The zero-order chi connectivity index (χ0) is 14.8. The van der Waals surface area contributed by atoms with Gasteiger partial charge in [0.15, 0.2) is 0 Å². The molecule has 4 nitrogen and oxygen atoms in total. The van der Waals surface area contributed by atoms with Crippen molar-refractivity contribution in [1.29, 1.82) is 0 Å². The topological polar surface area (TPSA) is 35.6 Å². The molecule has 1 aromatic carbocycles. The molecule has 110 valence electrons. The van der Waals surface area contributed by atoms with Crippen LogP contribution in [-0.4, -0.2) is 25.2 Å². The average molecular weight is 323 g/mol. The van der Waals surface area contributed by atoms with E-state index >= 15 is 0 Å². The number of hydrogen-bond donors (Lipinski definition) is 0. The number of fused-ring (bicyclic) bond motifs is 1. The van der Waals surface area contributed by atoms with Gasteiger partial charge in [-0.2, -0.15) is 5.10 Å². The van der Waals surface area contributed by atoms with Gasteiger partial charge in [0.2, 0.25) is 0 Å². The molecule has 0 saturated heterocycles. The lowest BCUT2D eigenvalue weighted by molar-refractivity contribution is 0.651. The molecule has 3 rings (SSSR count). The molecule has 21 heavy (non-hydrogen) atoms. The Morgan fingerprint density at radius 3 is 2.76 bits per heavy atom. The minimum absolute atomic E-state index is 0.546. The summed E-state index contributed by atoms with van der Waals surface area (Å²) in [6.07, 6.45) is 3.52. The van der Waals surface area contributed by atoms with Gasteiger partial charge >= 0.3 is 0 Å². The van der Waals surface area contributed by atoms with Crippen LogP contribution in [0, 0.1) is 0 Å². The molecule has 0 aliphatic heterocycles. The van der Waals surface area contributed by atoms with Gasteiger partial charge in [-0.05, 0) is 18.2 Å². The zero-order valence-corrected chi connectivity index (χ0v) is 13.3. The smallest absolute Gasteiger partial charge is 0.111 e. The predicted octanol–water partition coefficient (Wildman–Crippen LogP) is 3.45. The van der Waals surface area contributed by atoms with Crippen molar-refractivity contribution in [3.8, 4) is 0 Å². The Morgan fingerprint density at radius 1 is 1.19 bits per heavy atom. The van der Waals surface area contributed by atoms with E-state index in [0.717, 1.165) is 47.0 Å². The first-order valence-corrected chi connectivity index (χ1v) is 7.78. The molecule has 2 heterocycles. The quantitative estimate of drug-likeness (QED) is 0.674. The SMILES string of the molecule is Cn1ccc(CCn2c(CCCl)nc3cccc(Cl)c32)n1. The highest BCUT2D eigenvalue weighted by Gasteiger charge is 2.13. The van der Waals surface area contributed by atoms with E-state index in [9.17, 15) is 0 Å². The van der Waals surface area contributed by atoms with Gasteiger partial charge in [0.1, 0.15) is 5.82 Å². The lowest BCUT2D eigenvalue weighted by Crippen LogP contribution is -2.08. The second kappa shape index (κ2) is 6.08. The number of para-hydroxylation sites is 1.